The van der Waals surface area contributed by atoms with E-state index in [0.29, 0.717) is 23.3 Å². The van der Waals surface area contributed by atoms with Gasteiger partial charge in [0, 0.05) is 29.0 Å². The molecule has 3 aliphatic carbocycles. The number of benzene rings is 1. The monoisotopic (exact) mass is 518 g/mol. The predicted octanol–water partition coefficient (Wildman–Crippen LogP) is 3.04. The highest BCUT2D eigenvalue weighted by molar-refractivity contribution is 6.24. The average molecular weight is 519 g/mol. The Morgan fingerprint density at radius 2 is 1.87 bits per heavy atom. The summed E-state index contributed by atoms with van der Waals surface area (Å²) in [5.74, 6) is -3.97. The molecule has 1 aromatic carbocycles. The summed E-state index contributed by atoms with van der Waals surface area (Å²) in [6.45, 7) is 4.63. The Balaban J connectivity index is 1.41. The highest BCUT2D eigenvalue weighted by Gasteiger charge is 2.59. The van der Waals surface area contributed by atoms with Crippen molar-refractivity contribution in [2.45, 2.75) is 51.2 Å². The molecule has 0 radical (unpaired) electrons. The van der Waals surface area contributed by atoms with Crippen molar-refractivity contribution in [2.75, 3.05) is 13.1 Å². The van der Waals surface area contributed by atoms with Crippen LogP contribution in [0.5, 0.6) is 0 Å². The van der Waals surface area contributed by atoms with Gasteiger partial charge in [-0.3, -0.25) is 19.3 Å². The minimum absolute atomic E-state index is 0.0239. The SMILES string of the molecule is Cc1ccc(-c2ccc(CN3CCCC3)o2)c2c1C(=O)C1=C(O)[C@]3(O)C(=O)C(C(N)=O)=C(O)CC3C[C@@H]1C2. The third-order valence-corrected chi connectivity index (χ3v) is 8.68. The number of carbonyl (C=O) groups excluding carboxylic acids is 3. The van der Waals surface area contributed by atoms with Crippen molar-refractivity contribution in [1.82, 2.24) is 4.90 Å². The number of hydrogen-bond acceptors (Lipinski definition) is 8. The number of primary amides is 1. The van der Waals surface area contributed by atoms with Gasteiger partial charge in [0.05, 0.1) is 6.54 Å². The zero-order valence-corrected chi connectivity index (χ0v) is 21.1. The molecule has 1 amide bonds. The number of carbonyl (C=O) groups is 3. The largest absolute Gasteiger partial charge is 0.511 e. The number of Topliss-reactive ketones (excluding diaryl/α,β-unsaturated/α-hetero) is 2. The first-order chi connectivity index (χ1) is 18.1. The molecule has 0 spiro atoms. The van der Waals surface area contributed by atoms with Crippen LogP contribution in [0.1, 0.15) is 52.9 Å². The van der Waals surface area contributed by atoms with E-state index >= 15 is 0 Å². The summed E-state index contributed by atoms with van der Waals surface area (Å²) in [4.78, 5) is 41.2. The minimum atomic E-state index is -2.49. The number of amides is 1. The summed E-state index contributed by atoms with van der Waals surface area (Å²) in [6.07, 6.45) is 2.70. The van der Waals surface area contributed by atoms with Gasteiger partial charge in [0.15, 0.2) is 11.4 Å². The van der Waals surface area contributed by atoms with E-state index in [2.05, 4.69) is 4.90 Å². The zero-order valence-electron chi connectivity index (χ0n) is 21.1. The number of fused-ring (bicyclic) bond motifs is 3. The van der Waals surface area contributed by atoms with Crippen LogP contribution in [0.15, 0.2) is 51.3 Å². The molecule has 9 heteroatoms. The van der Waals surface area contributed by atoms with Gasteiger partial charge in [-0.2, -0.15) is 0 Å². The molecule has 6 rings (SSSR count). The summed E-state index contributed by atoms with van der Waals surface area (Å²) in [5, 5.41) is 33.0. The number of nitrogens with zero attached hydrogens (tertiary/aromatic N) is 1. The molecule has 198 valence electrons. The molecule has 1 aromatic heterocycles. The molecule has 0 saturated carbocycles. The summed E-state index contributed by atoms with van der Waals surface area (Å²) < 4.78 is 6.21. The maximum atomic E-state index is 13.9. The fourth-order valence-corrected chi connectivity index (χ4v) is 6.81. The van der Waals surface area contributed by atoms with Crippen molar-refractivity contribution in [2.24, 2.45) is 17.6 Å². The molecule has 5 N–H and O–H groups in total. The van der Waals surface area contributed by atoms with E-state index in [-0.39, 0.29) is 18.4 Å². The molecular formula is C29H30N2O7. The van der Waals surface area contributed by atoms with Crippen LogP contribution in [0, 0.1) is 18.8 Å². The van der Waals surface area contributed by atoms with E-state index < -0.39 is 52.0 Å². The Kier molecular flexibility index (Phi) is 5.62. The summed E-state index contributed by atoms with van der Waals surface area (Å²) >= 11 is 0. The number of hydrogen-bond donors (Lipinski definition) is 4. The predicted molar refractivity (Wildman–Crippen MR) is 136 cm³/mol. The van der Waals surface area contributed by atoms with Crippen molar-refractivity contribution >= 4 is 17.5 Å². The molecular weight excluding hydrogens is 488 g/mol. The number of likely N-dealkylation sites (tertiary alicyclic amines) is 1. The van der Waals surface area contributed by atoms with Gasteiger partial charge in [-0.25, -0.2) is 0 Å². The van der Waals surface area contributed by atoms with Crippen molar-refractivity contribution in [3.05, 3.63) is 69.4 Å². The van der Waals surface area contributed by atoms with Gasteiger partial charge in [0.25, 0.3) is 5.91 Å². The van der Waals surface area contributed by atoms with E-state index in [1.54, 1.807) is 6.92 Å². The number of allylic oxidation sites excluding steroid dienone is 2. The molecule has 1 saturated heterocycles. The normalized spacial score (nSPS) is 27.4. The van der Waals surface area contributed by atoms with Crippen LogP contribution in [0.2, 0.25) is 0 Å². The Labute approximate surface area is 219 Å². The van der Waals surface area contributed by atoms with Crippen molar-refractivity contribution in [3.8, 4) is 11.3 Å². The molecule has 9 nitrogen and oxygen atoms in total. The fraction of sp³-hybridized carbons (Fsp3) is 0.414. The third-order valence-electron chi connectivity index (χ3n) is 8.68. The molecule has 2 aromatic rings. The third kappa shape index (κ3) is 3.49. The van der Waals surface area contributed by atoms with Crippen LogP contribution in [0.4, 0.5) is 0 Å². The molecule has 1 aliphatic heterocycles. The molecule has 2 heterocycles. The fourth-order valence-electron chi connectivity index (χ4n) is 6.81. The second kappa shape index (κ2) is 8.68. The van der Waals surface area contributed by atoms with Crippen LogP contribution >= 0.6 is 0 Å². The first-order valence-corrected chi connectivity index (χ1v) is 13.0. The lowest BCUT2D eigenvalue weighted by Gasteiger charge is -2.45. The van der Waals surface area contributed by atoms with Crippen LogP contribution in [0.25, 0.3) is 11.3 Å². The molecule has 1 fully saturated rings. The molecule has 4 aliphatic rings. The van der Waals surface area contributed by atoms with E-state index in [9.17, 15) is 29.7 Å². The lowest BCUT2D eigenvalue weighted by Crippen LogP contribution is -2.57. The summed E-state index contributed by atoms with van der Waals surface area (Å²) in [7, 11) is 0. The van der Waals surface area contributed by atoms with Crippen molar-refractivity contribution in [3.63, 3.8) is 0 Å². The van der Waals surface area contributed by atoms with E-state index in [1.165, 1.54) is 12.8 Å². The number of aliphatic hydroxyl groups is 3. The number of rotatable bonds is 4. The first-order valence-electron chi connectivity index (χ1n) is 13.0. The maximum absolute atomic E-state index is 13.9. The summed E-state index contributed by atoms with van der Waals surface area (Å²) in [6, 6.07) is 7.63. The van der Waals surface area contributed by atoms with E-state index in [0.717, 1.165) is 36.5 Å². The van der Waals surface area contributed by atoms with E-state index in [1.807, 2.05) is 24.3 Å². The lowest BCUT2D eigenvalue weighted by atomic mass is 9.60. The Morgan fingerprint density at radius 3 is 2.58 bits per heavy atom. The van der Waals surface area contributed by atoms with Gasteiger partial charge < -0.3 is 25.5 Å². The van der Waals surface area contributed by atoms with Gasteiger partial charge in [-0.15, -0.1) is 0 Å². The van der Waals surface area contributed by atoms with Crippen LogP contribution in [0.3, 0.4) is 0 Å². The Bertz CT molecular complexity index is 1460. The number of nitrogens with two attached hydrogens (primary N) is 1. The van der Waals surface area contributed by atoms with Crippen LogP contribution < -0.4 is 5.73 Å². The second-order valence-corrected chi connectivity index (χ2v) is 10.9. The minimum Gasteiger partial charge on any atom is -0.511 e. The van der Waals surface area contributed by atoms with Crippen molar-refractivity contribution < 1.29 is 34.1 Å². The van der Waals surface area contributed by atoms with Gasteiger partial charge in [0.2, 0.25) is 5.78 Å². The number of furan rings is 1. The average Bonchev–Trinajstić information content (AvgIpc) is 3.54. The highest BCUT2D eigenvalue weighted by Crippen LogP contribution is 2.51. The number of aryl methyl sites for hydroxylation is 1. The standard InChI is InChI=1S/C29H30N2O7/c1-14-4-6-18(21-7-5-17(38-21)13-31-8-2-3-9-31)19-11-15-10-16-12-20(32)24(28(30)36)27(35)29(16,37)26(34)23(15)25(33)22(14)19/h4-7,15-16,32,34,37H,2-3,8-13H2,1H3,(H2,30,36)/t15-,16?,29+/m1/s1. The Morgan fingerprint density at radius 1 is 1.13 bits per heavy atom. The van der Waals surface area contributed by atoms with Gasteiger partial charge in [-0.05, 0) is 74.9 Å². The van der Waals surface area contributed by atoms with Crippen LogP contribution in [-0.4, -0.2) is 56.4 Å². The quantitative estimate of drug-likeness (QED) is 0.450. The smallest absolute Gasteiger partial charge is 0.255 e. The summed E-state index contributed by atoms with van der Waals surface area (Å²) in [5.41, 5.74) is 4.73. The first kappa shape index (κ1) is 24.6. The van der Waals surface area contributed by atoms with Gasteiger partial charge >= 0.3 is 0 Å². The maximum Gasteiger partial charge on any atom is 0.255 e. The zero-order chi connectivity index (χ0) is 26.9. The van der Waals surface area contributed by atoms with Gasteiger partial charge in [0.1, 0.15) is 28.6 Å². The van der Waals surface area contributed by atoms with Crippen molar-refractivity contribution in [1.29, 1.82) is 0 Å². The highest BCUT2D eigenvalue weighted by atomic mass is 16.4. The second-order valence-electron chi connectivity index (χ2n) is 10.9. The molecule has 38 heavy (non-hydrogen) atoms. The lowest BCUT2D eigenvalue weighted by molar-refractivity contribution is -0.144. The topological polar surface area (TPSA) is 154 Å². The van der Waals surface area contributed by atoms with Crippen LogP contribution in [-0.2, 0) is 22.6 Å². The van der Waals surface area contributed by atoms with E-state index in [4.69, 9.17) is 10.2 Å². The number of aliphatic hydroxyl groups excluding tert-OH is 2. The molecule has 0 bridgehead atoms. The molecule has 3 atom stereocenters. The number of ketones is 2. The Hall–Kier alpha value is -3.69. The molecule has 1 unspecified atom stereocenters. The van der Waals surface area contributed by atoms with Gasteiger partial charge in [-0.1, -0.05) is 12.1 Å².